The van der Waals surface area contributed by atoms with E-state index in [1.807, 2.05) is 0 Å². The lowest BCUT2D eigenvalue weighted by atomic mass is 9.98. The largest absolute Gasteiger partial charge is 0.438 e. The van der Waals surface area contributed by atoms with Gasteiger partial charge in [0, 0.05) is 18.9 Å². The van der Waals surface area contributed by atoms with Crippen molar-refractivity contribution < 1.29 is 43.1 Å². The smallest absolute Gasteiger partial charge is 0.358 e. The summed E-state index contributed by atoms with van der Waals surface area (Å²) < 4.78 is 34.5. The predicted octanol–water partition coefficient (Wildman–Crippen LogP) is 3.39. The van der Waals surface area contributed by atoms with Gasteiger partial charge in [0.25, 0.3) is 0 Å². The number of fused-ring (bicyclic) bond motifs is 1. The predicted molar refractivity (Wildman–Crippen MR) is 136 cm³/mol. The fraction of sp³-hybridized carbons (Fsp3) is 0.696. The number of nitrogens with zero attached hydrogens (tertiary/aromatic N) is 3. The van der Waals surface area contributed by atoms with Gasteiger partial charge in [-0.3, -0.25) is 13.9 Å². The number of nitrogens with one attached hydrogen (secondary N) is 1. The van der Waals surface area contributed by atoms with Gasteiger partial charge in [-0.2, -0.15) is 4.98 Å². The number of hydrogen-bond donors (Lipinski definition) is 3. The zero-order chi connectivity index (χ0) is 27.7. The first-order valence-corrected chi connectivity index (χ1v) is 14.8. The van der Waals surface area contributed by atoms with Crippen molar-refractivity contribution in [3.63, 3.8) is 0 Å². The Bertz CT molecular complexity index is 1180. The Morgan fingerprint density at radius 1 is 1.26 bits per heavy atom. The van der Waals surface area contributed by atoms with E-state index in [0.717, 1.165) is 32.3 Å². The molecule has 13 nitrogen and oxygen atoms in total. The summed E-state index contributed by atoms with van der Waals surface area (Å²) in [7, 11) is -3.76. The number of ether oxygens (including phenoxy) is 2. The Labute approximate surface area is 225 Å². The van der Waals surface area contributed by atoms with Crippen molar-refractivity contribution in [2.45, 2.75) is 77.0 Å². The molecule has 0 amide bonds. The van der Waals surface area contributed by atoms with E-state index in [1.54, 1.807) is 37.6 Å². The number of aliphatic hydroxyl groups is 2. The highest BCUT2D eigenvalue weighted by molar-refractivity contribution is 7.52. The first-order chi connectivity index (χ1) is 17.9. The topological polar surface area (TPSA) is 163 Å². The molecule has 1 saturated heterocycles. The number of aromatic nitrogens is 3. The van der Waals surface area contributed by atoms with Gasteiger partial charge >= 0.3 is 13.6 Å². The summed E-state index contributed by atoms with van der Waals surface area (Å²) in [4.78, 5) is 25.4. The fourth-order valence-electron chi connectivity index (χ4n) is 4.29. The molecule has 1 unspecified atom stereocenters. The molecule has 0 bridgehead atoms. The molecule has 1 saturated carbocycles. The SMILES string of the molecule is CC(C)(C)C(=O)OCOP(C)(=O)OOC[C@H]1O[C@@H](n2ccc3c(NC4CCCC4)nc(Cl)nc32)[C@H](O)[C@@H]1O. The van der Waals surface area contributed by atoms with Crippen LogP contribution in [0.15, 0.2) is 12.3 Å². The molecule has 2 aliphatic rings. The number of halogens is 1. The van der Waals surface area contributed by atoms with Crippen molar-refractivity contribution in [1.29, 1.82) is 0 Å². The maximum atomic E-state index is 12.4. The van der Waals surface area contributed by atoms with Crippen molar-refractivity contribution in [3.8, 4) is 0 Å². The lowest BCUT2D eigenvalue weighted by molar-refractivity contribution is -0.241. The Hall–Kier alpha value is -1.83. The third-order valence-corrected chi connectivity index (χ3v) is 7.48. The van der Waals surface area contributed by atoms with Crippen LogP contribution in [0.5, 0.6) is 0 Å². The molecule has 212 valence electrons. The summed E-state index contributed by atoms with van der Waals surface area (Å²) in [6, 6.07) is 2.09. The zero-order valence-corrected chi connectivity index (χ0v) is 23.4. The van der Waals surface area contributed by atoms with E-state index in [9.17, 15) is 19.6 Å². The average molecular weight is 577 g/mol. The highest BCUT2D eigenvalue weighted by atomic mass is 35.5. The second-order valence-electron chi connectivity index (χ2n) is 10.5. The number of rotatable bonds is 10. The van der Waals surface area contributed by atoms with Crippen molar-refractivity contribution in [3.05, 3.63) is 17.5 Å². The Balaban J connectivity index is 1.36. The summed E-state index contributed by atoms with van der Waals surface area (Å²) in [6.07, 6.45) is 1.34. The molecule has 4 rings (SSSR count). The molecule has 3 heterocycles. The van der Waals surface area contributed by atoms with E-state index in [-0.39, 0.29) is 11.9 Å². The second kappa shape index (κ2) is 11.7. The molecule has 15 heteroatoms. The van der Waals surface area contributed by atoms with Crippen LogP contribution in [-0.4, -0.2) is 75.1 Å². The zero-order valence-electron chi connectivity index (χ0n) is 21.7. The highest BCUT2D eigenvalue weighted by Gasteiger charge is 2.45. The maximum absolute atomic E-state index is 12.4. The van der Waals surface area contributed by atoms with Crippen LogP contribution >= 0.6 is 19.2 Å². The van der Waals surface area contributed by atoms with E-state index in [4.69, 9.17) is 35.2 Å². The van der Waals surface area contributed by atoms with E-state index in [2.05, 4.69) is 15.3 Å². The average Bonchev–Trinajstić information content (AvgIpc) is 3.55. The minimum Gasteiger partial charge on any atom is -0.438 e. The van der Waals surface area contributed by atoms with Gasteiger partial charge in [0.1, 0.15) is 36.4 Å². The normalized spacial score (nSPS) is 26.1. The van der Waals surface area contributed by atoms with Gasteiger partial charge in [-0.05, 0) is 51.3 Å². The first kappa shape index (κ1) is 29.2. The third kappa shape index (κ3) is 6.83. The van der Waals surface area contributed by atoms with Gasteiger partial charge < -0.3 is 29.6 Å². The van der Waals surface area contributed by atoms with Crippen molar-refractivity contribution in [2.75, 3.05) is 25.4 Å². The summed E-state index contributed by atoms with van der Waals surface area (Å²) >= 11 is 6.19. The number of carbonyl (C=O) groups excluding carboxylic acids is 1. The van der Waals surface area contributed by atoms with Crippen LogP contribution in [0.1, 0.15) is 52.7 Å². The van der Waals surface area contributed by atoms with Gasteiger partial charge in [0.05, 0.1) is 10.8 Å². The van der Waals surface area contributed by atoms with Gasteiger partial charge in [-0.15, -0.1) is 4.67 Å². The molecule has 1 aliphatic heterocycles. The molecule has 2 fully saturated rings. The van der Waals surface area contributed by atoms with Crippen LogP contribution in [0, 0.1) is 5.41 Å². The molecule has 2 aromatic rings. The highest BCUT2D eigenvalue weighted by Crippen LogP contribution is 2.44. The monoisotopic (exact) mass is 576 g/mol. The molecule has 1 aliphatic carbocycles. The van der Waals surface area contributed by atoms with Crippen molar-refractivity contribution in [2.24, 2.45) is 5.41 Å². The van der Waals surface area contributed by atoms with Gasteiger partial charge in [0.15, 0.2) is 6.23 Å². The summed E-state index contributed by atoms with van der Waals surface area (Å²) in [5, 5.41) is 25.4. The number of anilines is 1. The quantitative estimate of drug-likeness (QED) is 0.0944. The van der Waals surface area contributed by atoms with Crippen LogP contribution in [0.4, 0.5) is 5.82 Å². The molecule has 38 heavy (non-hydrogen) atoms. The molecule has 0 aromatic carbocycles. The van der Waals surface area contributed by atoms with Crippen LogP contribution in [0.2, 0.25) is 5.28 Å². The number of hydrogen-bond acceptors (Lipinski definition) is 12. The molecule has 0 radical (unpaired) electrons. The van der Waals surface area contributed by atoms with Crippen LogP contribution < -0.4 is 5.32 Å². The van der Waals surface area contributed by atoms with Crippen LogP contribution in [0.25, 0.3) is 11.0 Å². The molecule has 3 N–H and O–H groups in total. The minimum atomic E-state index is -3.76. The Morgan fingerprint density at radius 3 is 2.66 bits per heavy atom. The minimum absolute atomic E-state index is 0.0335. The fourth-order valence-corrected chi connectivity index (χ4v) is 4.99. The Kier molecular flexibility index (Phi) is 9.00. The third-order valence-electron chi connectivity index (χ3n) is 6.36. The Morgan fingerprint density at radius 2 is 1.97 bits per heavy atom. The summed E-state index contributed by atoms with van der Waals surface area (Å²) in [5.41, 5.74) is -0.321. The maximum Gasteiger partial charge on any atom is 0.358 e. The van der Waals surface area contributed by atoms with E-state index in [1.165, 1.54) is 0 Å². The molecule has 2 aromatic heterocycles. The van der Waals surface area contributed by atoms with Gasteiger partial charge in [-0.25, -0.2) is 9.87 Å². The van der Waals surface area contributed by atoms with E-state index in [0.29, 0.717) is 22.9 Å². The standard InChI is InChI=1S/C23H34ClN4O9P/c1-23(2,3)21(31)33-12-35-38(4,32)37-34-11-15-16(29)17(30)20(36-15)28-10-9-14-18(25-13-7-5-6-8-13)26-22(24)27-19(14)28/h9-10,13,15-17,20,29-30H,5-8,11-12H2,1-4H3,(H,25,26,27)/t15-,16-,17-,20-,38?/m1/s1. The first-order valence-electron chi connectivity index (χ1n) is 12.4. The molecule has 0 spiro atoms. The van der Waals surface area contributed by atoms with Crippen LogP contribution in [-0.2, 0) is 32.9 Å². The van der Waals surface area contributed by atoms with Crippen molar-refractivity contribution in [1.82, 2.24) is 14.5 Å². The number of carbonyl (C=O) groups is 1. The van der Waals surface area contributed by atoms with Crippen molar-refractivity contribution >= 4 is 42.0 Å². The number of aliphatic hydroxyl groups excluding tert-OH is 2. The summed E-state index contributed by atoms with van der Waals surface area (Å²) in [5.74, 6) is 0.0605. The molecular weight excluding hydrogens is 543 g/mol. The lowest BCUT2D eigenvalue weighted by Gasteiger charge is -2.19. The van der Waals surface area contributed by atoms with Gasteiger partial charge in [0.2, 0.25) is 12.1 Å². The summed E-state index contributed by atoms with van der Waals surface area (Å²) in [6.45, 7) is 5.17. The second-order valence-corrected chi connectivity index (χ2v) is 12.8. The van der Waals surface area contributed by atoms with E-state index < -0.39 is 50.3 Å². The van der Waals surface area contributed by atoms with E-state index >= 15 is 0 Å². The molecular formula is C23H34ClN4O9P. The van der Waals surface area contributed by atoms with Crippen LogP contribution in [0.3, 0.4) is 0 Å². The lowest BCUT2D eigenvalue weighted by Crippen LogP contribution is -2.33. The van der Waals surface area contributed by atoms with Gasteiger partial charge in [-0.1, -0.05) is 12.8 Å². The number of esters is 1. The molecule has 5 atom stereocenters.